The summed E-state index contributed by atoms with van der Waals surface area (Å²) in [6.45, 7) is 3.63. The van der Waals surface area contributed by atoms with Crippen LogP contribution in [0.1, 0.15) is 5.56 Å². The van der Waals surface area contributed by atoms with Crippen LogP contribution < -0.4 is 10.5 Å². The lowest BCUT2D eigenvalue weighted by molar-refractivity contribution is 0.384. The lowest BCUT2D eigenvalue weighted by Gasteiger charge is -2.34. The first-order valence-electron chi connectivity index (χ1n) is 8.63. The zero-order valence-corrected chi connectivity index (χ0v) is 16.7. The van der Waals surface area contributed by atoms with Gasteiger partial charge in [-0.3, -0.25) is 9.78 Å². The van der Waals surface area contributed by atoms with E-state index in [2.05, 4.69) is 20.2 Å². The summed E-state index contributed by atoms with van der Waals surface area (Å²) in [4.78, 5) is 22.4. The van der Waals surface area contributed by atoms with Gasteiger partial charge in [-0.1, -0.05) is 0 Å². The van der Waals surface area contributed by atoms with Crippen LogP contribution in [0, 0.1) is 6.92 Å². The van der Waals surface area contributed by atoms with Crippen molar-refractivity contribution < 1.29 is 8.42 Å². The quantitative estimate of drug-likeness (QED) is 0.675. The number of hydrogen-bond acceptors (Lipinski definition) is 8. The number of piperazine rings is 1. The molecule has 28 heavy (non-hydrogen) atoms. The fraction of sp³-hybridized carbons (Fsp3) is 0.294. The standard InChI is InChI=1S/C17H18N6O3S2/c1-12-10-15(24)20-21-17(12)13-2-3-16(27-13)28(25,26)23-8-6-22(7-9-23)14-11-18-4-5-19-14/h2-5,10-11H,6-9H2,1H3,(H,20,24). The lowest BCUT2D eigenvalue weighted by Crippen LogP contribution is -2.48. The molecule has 0 aromatic carbocycles. The fourth-order valence-electron chi connectivity index (χ4n) is 3.07. The van der Waals surface area contributed by atoms with Crippen molar-refractivity contribution in [1.82, 2.24) is 24.5 Å². The van der Waals surface area contributed by atoms with Crippen molar-refractivity contribution in [3.63, 3.8) is 0 Å². The van der Waals surface area contributed by atoms with Crippen LogP contribution >= 0.6 is 11.3 Å². The lowest BCUT2D eigenvalue weighted by atomic mass is 10.2. The van der Waals surface area contributed by atoms with E-state index in [0.717, 1.165) is 17.2 Å². The Labute approximate surface area is 165 Å². The Bertz CT molecular complexity index is 1130. The van der Waals surface area contributed by atoms with Crippen molar-refractivity contribution in [2.24, 2.45) is 0 Å². The van der Waals surface area contributed by atoms with Crippen LogP contribution in [-0.2, 0) is 10.0 Å². The first kappa shape index (κ1) is 18.7. The summed E-state index contributed by atoms with van der Waals surface area (Å²) < 4.78 is 27.8. The van der Waals surface area contributed by atoms with Crippen molar-refractivity contribution in [3.8, 4) is 10.6 Å². The summed E-state index contributed by atoms with van der Waals surface area (Å²) in [5.74, 6) is 0.748. The Morgan fingerprint density at radius 1 is 1.14 bits per heavy atom. The van der Waals surface area contributed by atoms with Gasteiger partial charge in [-0.2, -0.15) is 9.40 Å². The monoisotopic (exact) mass is 418 g/mol. The molecule has 0 radical (unpaired) electrons. The van der Waals surface area contributed by atoms with E-state index in [4.69, 9.17) is 0 Å². The molecule has 1 N–H and O–H groups in total. The molecule has 3 aromatic rings. The summed E-state index contributed by atoms with van der Waals surface area (Å²) in [6.07, 6.45) is 4.91. The molecule has 1 aliphatic heterocycles. The van der Waals surface area contributed by atoms with E-state index >= 15 is 0 Å². The number of hydrogen-bond donors (Lipinski definition) is 1. The predicted octanol–water partition coefficient (Wildman–Crippen LogP) is 1.11. The highest BCUT2D eigenvalue weighted by Crippen LogP contribution is 2.32. The third-order valence-corrected chi connectivity index (χ3v) is 7.98. The minimum atomic E-state index is -3.59. The van der Waals surface area contributed by atoms with E-state index in [-0.39, 0.29) is 9.77 Å². The number of H-pyrrole nitrogens is 1. The van der Waals surface area contributed by atoms with Gasteiger partial charge in [0.15, 0.2) is 0 Å². The van der Waals surface area contributed by atoms with Crippen molar-refractivity contribution in [3.05, 3.63) is 52.7 Å². The van der Waals surface area contributed by atoms with Gasteiger partial charge < -0.3 is 4.90 Å². The number of sulfonamides is 1. The molecule has 1 aliphatic rings. The molecular formula is C17H18N6O3S2. The van der Waals surface area contributed by atoms with E-state index < -0.39 is 10.0 Å². The van der Waals surface area contributed by atoms with Crippen molar-refractivity contribution in [2.45, 2.75) is 11.1 Å². The fourth-order valence-corrected chi connectivity index (χ4v) is 6.01. The number of nitrogens with one attached hydrogen (secondary N) is 1. The molecule has 11 heteroatoms. The van der Waals surface area contributed by atoms with Gasteiger partial charge >= 0.3 is 0 Å². The van der Waals surface area contributed by atoms with Gasteiger partial charge in [0.05, 0.1) is 11.1 Å². The number of nitrogens with zero attached hydrogens (tertiary/aromatic N) is 5. The summed E-state index contributed by atoms with van der Waals surface area (Å²) in [5.41, 5.74) is 0.997. The Morgan fingerprint density at radius 2 is 1.93 bits per heavy atom. The van der Waals surface area contributed by atoms with Gasteiger partial charge in [-0.15, -0.1) is 11.3 Å². The average molecular weight is 419 g/mol. The summed E-state index contributed by atoms with van der Waals surface area (Å²) in [6, 6.07) is 4.76. The number of aromatic amines is 1. The largest absolute Gasteiger partial charge is 0.353 e. The molecule has 1 saturated heterocycles. The summed E-state index contributed by atoms with van der Waals surface area (Å²) in [5, 5.41) is 6.44. The molecule has 9 nitrogen and oxygen atoms in total. The van der Waals surface area contributed by atoms with Crippen molar-refractivity contribution >= 4 is 27.2 Å². The Kier molecular flexibility index (Phi) is 4.96. The van der Waals surface area contributed by atoms with Crippen LogP contribution in [0.4, 0.5) is 5.82 Å². The van der Waals surface area contributed by atoms with Gasteiger partial charge in [0.1, 0.15) is 15.7 Å². The number of anilines is 1. The molecule has 0 unspecified atom stereocenters. The topological polar surface area (TPSA) is 112 Å². The van der Waals surface area contributed by atoms with Gasteiger partial charge in [-0.25, -0.2) is 18.5 Å². The number of thiophene rings is 1. The maximum atomic E-state index is 13.0. The van der Waals surface area contributed by atoms with Crippen LogP contribution in [0.25, 0.3) is 10.6 Å². The molecule has 0 aliphatic carbocycles. The van der Waals surface area contributed by atoms with Crippen LogP contribution in [-0.4, -0.2) is 59.1 Å². The van der Waals surface area contributed by atoms with Crippen LogP contribution in [0.5, 0.6) is 0 Å². The van der Waals surface area contributed by atoms with Gasteiger partial charge in [0.2, 0.25) is 0 Å². The highest BCUT2D eigenvalue weighted by Gasteiger charge is 2.30. The molecule has 0 amide bonds. The highest BCUT2D eigenvalue weighted by molar-refractivity contribution is 7.91. The molecule has 4 rings (SSSR count). The third-order valence-electron chi connectivity index (χ3n) is 4.52. The van der Waals surface area contributed by atoms with Gasteiger partial charge in [0, 0.05) is 44.6 Å². The molecule has 0 atom stereocenters. The van der Waals surface area contributed by atoms with Gasteiger partial charge in [-0.05, 0) is 24.6 Å². The van der Waals surface area contributed by atoms with Crippen molar-refractivity contribution in [2.75, 3.05) is 31.1 Å². The highest BCUT2D eigenvalue weighted by atomic mass is 32.2. The second-order valence-corrected chi connectivity index (χ2v) is 9.59. The van der Waals surface area contributed by atoms with Crippen LogP contribution in [0.2, 0.25) is 0 Å². The maximum absolute atomic E-state index is 13.0. The van der Waals surface area contributed by atoms with Crippen molar-refractivity contribution in [1.29, 1.82) is 0 Å². The Morgan fingerprint density at radius 3 is 2.61 bits per heavy atom. The maximum Gasteiger partial charge on any atom is 0.264 e. The molecule has 0 bridgehead atoms. The van der Waals surface area contributed by atoms with Gasteiger partial charge in [0.25, 0.3) is 15.6 Å². The molecule has 0 saturated carbocycles. The normalized spacial score (nSPS) is 15.7. The first-order valence-corrected chi connectivity index (χ1v) is 10.9. The minimum Gasteiger partial charge on any atom is -0.353 e. The summed E-state index contributed by atoms with van der Waals surface area (Å²) in [7, 11) is -3.59. The van der Waals surface area contributed by atoms with E-state index in [1.54, 1.807) is 37.6 Å². The molecule has 146 valence electrons. The molecule has 1 fully saturated rings. The smallest absolute Gasteiger partial charge is 0.264 e. The SMILES string of the molecule is Cc1cc(=O)[nH]nc1-c1ccc(S(=O)(=O)N2CCN(c3cnccn3)CC2)s1. The molecule has 3 aromatic heterocycles. The van der Waals surface area contributed by atoms with E-state index in [9.17, 15) is 13.2 Å². The summed E-state index contributed by atoms with van der Waals surface area (Å²) >= 11 is 1.15. The second-order valence-electron chi connectivity index (χ2n) is 6.34. The minimum absolute atomic E-state index is 0.267. The number of rotatable bonds is 4. The van der Waals surface area contributed by atoms with E-state index in [1.807, 2.05) is 4.90 Å². The van der Waals surface area contributed by atoms with Crippen LogP contribution in [0.15, 0.2) is 45.8 Å². The molecule has 4 heterocycles. The number of aromatic nitrogens is 4. The van der Waals surface area contributed by atoms with E-state index in [0.29, 0.717) is 42.3 Å². The number of aryl methyl sites for hydroxylation is 1. The zero-order valence-electron chi connectivity index (χ0n) is 15.1. The zero-order chi connectivity index (χ0) is 19.7. The third kappa shape index (κ3) is 3.55. The second kappa shape index (κ2) is 7.41. The van der Waals surface area contributed by atoms with E-state index in [1.165, 1.54) is 10.4 Å². The van der Waals surface area contributed by atoms with Crippen LogP contribution in [0.3, 0.4) is 0 Å². The Hall–Kier alpha value is -2.63. The Balaban J connectivity index is 1.52. The molecule has 0 spiro atoms. The predicted molar refractivity (Wildman–Crippen MR) is 106 cm³/mol. The average Bonchev–Trinajstić information content (AvgIpc) is 3.19. The first-order chi connectivity index (χ1) is 13.4. The molecular weight excluding hydrogens is 400 g/mol.